The molecule has 88 valence electrons. The Bertz CT molecular complexity index is 332. The van der Waals surface area contributed by atoms with Crippen LogP contribution in [-0.2, 0) is 0 Å². The van der Waals surface area contributed by atoms with Crippen LogP contribution in [0.25, 0.3) is 0 Å². The van der Waals surface area contributed by atoms with Gasteiger partial charge in [-0.2, -0.15) is 0 Å². The predicted octanol–water partition coefficient (Wildman–Crippen LogP) is 1.75. The first-order valence-electron chi connectivity index (χ1n) is 6.07. The van der Waals surface area contributed by atoms with Gasteiger partial charge in [-0.25, -0.2) is 0 Å². The van der Waals surface area contributed by atoms with Crippen LogP contribution in [0.15, 0.2) is 24.3 Å². The van der Waals surface area contributed by atoms with Crippen LogP contribution >= 0.6 is 0 Å². The van der Waals surface area contributed by atoms with E-state index in [1.807, 2.05) is 12.1 Å². The Hall–Kier alpha value is -1.06. The summed E-state index contributed by atoms with van der Waals surface area (Å²) in [4.78, 5) is 2.48. The summed E-state index contributed by atoms with van der Waals surface area (Å²) in [5.74, 6) is 0. The van der Waals surface area contributed by atoms with Crippen LogP contribution in [0.4, 0.5) is 5.69 Å². The molecule has 2 unspecified atom stereocenters. The number of benzene rings is 1. The first-order chi connectivity index (χ1) is 7.72. The van der Waals surface area contributed by atoms with Crippen LogP contribution in [-0.4, -0.2) is 24.0 Å². The van der Waals surface area contributed by atoms with Crippen LogP contribution in [0.3, 0.4) is 0 Å². The molecule has 1 aliphatic heterocycles. The highest BCUT2D eigenvalue weighted by molar-refractivity contribution is 5.40. The van der Waals surface area contributed by atoms with E-state index in [9.17, 15) is 0 Å². The fraction of sp³-hybridized carbons (Fsp3) is 0.538. The van der Waals surface area contributed by atoms with E-state index >= 15 is 0 Å². The van der Waals surface area contributed by atoms with Crippen molar-refractivity contribution >= 4 is 5.69 Å². The zero-order valence-electron chi connectivity index (χ0n) is 9.89. The average Bonchev–Trinajstić information content (AvgIpc) is 2.62. The monoisotopic (exact) mass is 219 g/mol. The van der Waals surface area contributed by atoms with Crippen molar-refractivity contribution in [2.75, 3.05) is 18.8 Å². The topological polar surface area (TPSA) is 55.3 Å². The predicted molar refractivity (Wildman–Crippen MR) is 68.1 cm³/mol. The van der Waals surface area contributed by atoms with Gasteiger partial charge in [-0.3, -0.25) is 4.90 Å². The third-order valence-electron chi connectivity index (χ3n) is 3.34. The average molecular weight is 219 g/mol. The van der Waals surface area contributed by atoms with Crippen molar-refractivity contribution < 1.29 is 0 Å². The van der Waals surface area contributed by atoms with Crippen molar-refractivity contribution in [1.29, 1.82) is 0 Å². The molecule has 1 aliphatic rings. The molecule has 0 spiro atoms. The molecule has 0 saturated carbocycles. The smallest absolute Gasteiger partial charge is 0.0499 e. The van der Waals surface area contributed by atoms with Gasteiger partial charge in [0, 0.05) is 24.3 Å². The summed E-state index contributed by atoms with van der Waals surface area (Å²) >= 11 is 0. The number of anilines is 1. The SMILES string of the molecule is CCCN1CCC(N)C1c1ccc(N)cc1. The van der Waals surface area contributed by atoms with Crippen molar-refractivity contribution in [3.05, 3.63) is 29.8 Å². The standard InChI is InChI=1S/C13H21N3/c1-2-8-16-9-7-12(15)13(16)10-3-5-11(14)6-4-10/h3-6,12-13H,2,7-9,14-15H2,1H3. The van der Waals surface area contributed by atoms with E-state index in [1.165, 1.54) is 12.0 Å². The minimum absolute atomic E-state index is 0.259. The van der Waals surface area contributed by atoms with E-state index < -0.39 is 0 Å². The first-order valence-corrected chi connectivity index (χ1v) is 6.07. The molecule has 16 heavy (non-hydrogen) atoms. The minimum Gasteiger partial charge on any atom is -0.399 e. The Balaban J connectivity index is 2.19. The molecule has 3 nitrogen and oxygen atoms in total. The van der Waals surface area contributed by atoms with Gasteiger partial charge in [0.25, 0.3) is 0 Å². The number of likely N-dealkylation sites (tertiary alicyclic amines) is 1. The van der Waals surface area contributed by atoms with Gasteiger partial charge >= 0.3 is 0 Å². The molecular weight excluding hydrogens is 198 g/mol. The summed E-state index contributed by atoms with van der Waals surface area (Å²) in [6.45, 7) is 4.46. The number of hydrogen-bond donors (Lipinski definition) is 2. The van der Waals surface area contributed by atoms with Crippen LogP contribution in [0.2, 0.25) is 0 Å². The largest absolute Gasteiger partial charge is 0.399 e. The zero-order chi connectivity index (χ0) is 11.5. The summed E-state index contributed by atoms with van der Waals surface area (Å²) in [5, 5.41) is 0. The van der Waals surface area contributed by atoms with Crippen LogP contribution < -0.4 is 11.5 Å². The second-order valence-electron chi connectivity index (χ2n) is 4.60. The van der Waals surface area contributed by atoms with Crippen molar-refractivity contribution in [3.8, 4) is 0 Å². The summed E-state index contributed by atoms with van der Waals surface area (Å²) in [5.41, 5.74) is 14.0. The summed E-state index contributed by atoms with van der Waals surface area (Å²) in [6, 6.07) is 8.77. The van der Waals surface area contributed by atoms with E-state index in [2.05, 4.69) is 24.0 Å². The Kier molecular flexibility index (Phi) is 3.46. The maximum atomic E-state index is 6.20. The van der Waals surface area contributed by atoms with E-state index in [0.29, 0.717) is 6.04 Å². The molecule has 2 rings (SSSR count). The molecule has 0 amide bonds. The lowest BCUT2D eigenvalue weighted by Gasteiger charge is -2.26. The molecular formula is C13H21N3. The Morgan fingerprint density at radius 3 is 2.62 bits per heavy atom. The second kappa shape index (κ2) is 4.85. The Morgan fingerprint density at radius 2 is 2.00 bits per heavy atom. The van der Waals surface area contributed by atoms with E-state index in [-0.39, 0.29) is 6.04 Å². The third kappa shape index (κ3) is 2.20. The molecule has 1 fully saturated rings. The lowest BCUT2D eigenvalue weighted by atomic mass is 10.0. The highest BCUT2D eigenvalue weighted by Crippen LogP contribution is 2.31. The van der Waals surface area contributed by atoms with Crippen molar-refractivity contribution in [2.24, 2.45) is 5.73 Å². The maximum Gasteiger partial charge on any atom is 0.0499 e. The molecule has 0 radical (unpaired) electrons. The fourth-order valence-electron chi connectivity index (χ4n) is 2.57. The molecule has 0 aromatic heterocycles. The first kappa shape index (κ1) is 11.4. The molecule has 1 aromatic carbocycles. The molecule has 3 heteroatoms. The van der Waals surface area contributed by atoms with Crippen molar-refractivity contribution in [3.63, 3.8) is 0 Å². The Labute approximate surface area is 97.4 Å². The van der Waals surface area contributed by atoms with Crippen LogP contribution in [0.5, 0.6) is 0 Å². The van der Waals surface area contributed by atoms with Gasteiger partial charge in [0.2, 0.25) is 0 Å². The molecule has 1 saturated heterocycles. The van der Waals surface area contributed by atoms with E-state index in [1.54, 1.807) is 0 Å². The Morgan fingerprint density at radius 1 is 1.31 bits per heavy atom. The van der Waals surface area contributed by atoms with Gasteiger partial charge < -0.3 is 11.5 Å². The maximum absolute atomic E-state index is 6.20. The number of nitrogen functional groups attached to an aromatic ring is 1. The molecule has 0 bridgehead atoms. The van der Waals surface area contributed by atoms with Gasteiger partial charge in [0.15, 0.2) is 0 Å². The van der Waals surface area contributed by atoms with Crippen molar-refractivity contribution in [2.45, 2.75) is 31.8 Å². The highest BCUT2D eigenvalue weighted by Gasteiger charge is 2.31. The molecule has 1 aromatic rings. The quantitative estimate of drug-likeness (QED) is 0.762. The minimum atomic E-state index is 0.259. The van der Waals surface area contributed by atoms with Crippen molar-refractivity contribution in [1.82, 2.24) is 4.90 Å². The molecule has 2 atom stereocenters. The van der Waals surface area contributed by atoms with Gasteiger partial charge in [0.05, 0.1) is 0 Å². The number of hydrogen-bond acceptors (Lipinski definition) is 3. The highest BCUT2D eigenvalue weighted by atomic mass is 15.2. The molecule has 1 heterocycles. The molecule has 0 aliphatic carbocycles. The summed E-state index contributed by atoms with van der Waals surface area (Å²) in [6.07, 6.45) is 2.27. The van der Waals surface area contributed by atoms with Crippen LogP contribution in [0.1, 0.15) is 31.4 Å². The summed E-state index contributed by atoms with van der Waals surface area (Å²) < 4.78 is 0. The van der Waals surface area contributed by atoms with Gasteiger partial charge in [0.1, 0.15) is 0 Å². The number of rotatable bonds is 3. The fourth-order valence-corrected chi connectivity index (χ4v) is 2.57. The lowest BCUT2D eigenvalue weighted by Crippen LogP contribution is -2.32. The lowest BCUT2D eigenvalue weighted by molar-refractivity contribution is 0.248. The zero-order valence-corrected chi connectivity index (χ0v) is 9.89. The second-order valence-corrected chi connectivity index (χ2v) is 4.60. The number of nitrogens with zero attached hydrogens (tertiary/aromatic N) is 1. The molecule has 4 N–H and O–H groups in total. The van der Waals surface area contributed by atoms with Gasteiger partial charge in [-0.05, 0) is 37.1 Å². The van der Waals surface area contributed by atoms with Gasteiger partial charge in [-0.15, -0.1) is 0 Å². The normalized spacial score (nSPS) is 26.1. The van der Waals surface area contributed by atoms with E-state index in [0.717, 1.165) is 25.2 Å². The van der Waals surface area contributed by atoms with E-state index in [4.69, 9.17) is 11.5 Å². The van der Waals surface area contributed by atoms with Crippen LogP contribution in [0, 0.1) is 0 Å². The third-order valence-corrected chi connectivity index (χ3v) is 3.34. The summed E-state index contributed by atoms with van der Waals surface area (Å²) in [7, 11) is 0. The van der Waals surface area contributed by atoms with Gasteiger partial charge in [-0.1, -0.05) is 19.1 Å². The number of nitrogens with two attached hydrogens (primary N) is 2.